The molecule has 0 aromatic carbocycles. The van der Waals surface area contributed by atoms with Crippen molar-refractivity contribution < 1.29 is 8.42 Å². The summed E-state index contributed by atoms with van der Waals surface area (Å²) in [6.07, 6.45) is 0.816. The lowest BCUT2D eigenvalue weighted by Crippen LogP contribution is -2.33. The van der Waals surface area contributed by atoms with Crippen molar-refractivity contribution in [1.82, 2.24) is 4.31 Å². The SMILES string of the molecule is CCCN(CCBr)S(=O)(=O)c1cc(Br)sc1C. The van der Waals surface area contributed by atoms with E-state index in [1.807, 2.05) is 13.8 Å². The molecule has 0 radical (unpaired) electrons. The molecule has 0 aliphatic rings. The fraction of sp³-hybridized carbons (Fsp3) is 0.600. The summed E-state index contributed by atoms with van der Waals surface area (Å²) >= 11 is 8.07. The van der Waals surface area contributed by atoms with Crippen LogP contribution >= 0.6 is 43.2 Å². The maximum atomic E-state index is 12.4. The van der Waals surface area contributed by atoms with E-state index in [1.54, 1.807) is 6.07 Å². The van der Waals surface area contributed by atoms with Crippen molar-refractivity contribution in [3.8, 4) is 0 Å². The smallest absolute Gasteiger partial charge is 0.207 e. The van der Waals surface area contributed by atoms with Crippen LogP contribution in [0.15, 0.2) is 14.7 Å². The summed E-state index contributed by atoms with van der Waals surface area (Å²) in [7, 11) is -3.35. The van der Waals surface area contributed by atoms with Crippen molar-refractivity contribution in [2.45, 2.75) is 25.2 Å². The van der Waals surface area contributed by atoms with E-state index in [-0.39, 0.29) is 0 Å². The van der Waals surface area contributed by atoms with Gasteiger partial charge < -0.3 is 0 Å². The topological polar surface area (TPSA) is 37.4 Å². The maximum absolute atomic E-state index is 12.4. The average Bonchev–Trinajstić information content (AvgIpc) is 2.58. The summed E-state index contributed by atoms with van der Waals surface area (Å²) < 4.78 is 27.3. The number of halogens is 2. The Morgan fingerprint density at radius 2 is 2.06 bits per heavy atom. The average molecular weight is 405 g/mol. The van der Waals surface area contributed by atoms with Gasteiger partial charge in [0.2, 0.25) is 10.0 Å². The van der Waals surface area contributed by atoms with Crippen LogP contribution in [0.5, 0.6) is 0 Å². The molecule has 1 rings (SSSR count). The largest absolute Gasteiger partial charge is 0.244 e. The highest BCUT2D eigenvalue weighted by molar-refractivity contribution is 9.11. The van der Waals surface area contributed by atoms with Crippen LogP contribution in [-0.4, -0.2) is 31.1 Å². The third-order valence-electron chi connectivity index (χ3n) is 2.27. The molecule has 7 heteroatoms. The van der Waals surface area contributed by atoms with E-state index in [0.717, 1.165) is 15.1 Å². The summed E-state index contributed by atoms with van der Waals surface area (Å²) in [4.78, 5) is 1.25. The summed E-state index contributed by atoms with van der Waals surface area (Å²) in [6, 6.07) is 1.69. The highest BCUT2D eigenvalue weighted by Gasteiger charge is 2.26. The predicted molar refractivity (Wildman–Crippen MR) is 79.6 cm³/mol. The van der Waals surface area contributed by atoms with E-state index < -0.39 is 10.0 Å². The first kappa shape index (κ1) is 15.6. The van der Waals surface area contributed by atoms with Crippen molar-refractivity contribution in [1.29, 1.82) is 0 Å². The van der Waals surface area contributed by atoms with Gasteiger partial charge in [-0.15, -0.1) is 11.3 Å². The molecule has 1 heterocycles. The Kier molecular flexibility index (Phi) is 6.12. The van der Waals surface area contributed by atoms with Crippen molar-refractivity contribution in [3.05, 3.63) is 14.7 Å². The Hall–Kier alpha value is 0.570. The van der Waals surface area contributed by atoms with Gasteiger partial charge in [0.15, 0.2) is 0 Å². The highest BCUT2D eigenvalue weighted by Crippen LogP contribution is 2.31. The number of aryl methyl sites for hydroxylation is 1. The van der Waals surface area contributed by atoms with Crippen LogP contribution in [0.25, 0.3) is 0 Å². The van der Waals surface area contributed by atoms with Gasteiger partial charge in [0.1, 0.15) is 0 Å². The number of thiophene rings is 1. The second-order valence-electron chi connectivity index (χ2n) is 3.56. The molecule has 98 valence electrons. The minimum Gasteiger partial charge on any atom is -0.207 e. The molecular weight excluding hydrogens is 390 g/mol. The molecule has 1 aromatic heterocycles. The fourth-order valence-electron chi connectivity index (χ4n) is 1.52. The molecular formula is C10H15Br2NO2S2. The van der Waals surface area contributed by atoms with Gasteiger partial charge in [-0.25, -0.2) is 8.42 Å². The monoisotopic (exact) mass is 403 g/mol. The number of rotatable bonds is 6. The van der Waals surface area contributed by atoms with E-state index in [0.29, 0.717) is 23.3 Å². The molecule has 0 saturated heterocycles. The van der Waals surface area contributed by atoms with Gasteiger partial charge in [0.05, 0.1) is 8.68 Å². The second-order valence-corrected chi connectivity index (χ2v) is 8.90. The van der Waals surface area contributed by atoms with Gasteiger partial charge in [-0.05, 0) is 35.3 Å². The van der Waals surface area contributed by atoms with Gasteiger partial charge >= 0.3 is 0 Å². The zero-order chi connectivity index (χ0) is 13.1. The molecule has 3 nitrogen and oxygen atoms in total. The Morgan fingerprint density at radius 1 is 1.41 bits per heavy atom. The quantitative estimate of drug-likeness (QED) is 0.679. The van der Waals surface area contributed by atoms with Crippen LogP contribution in [0.3, 0.4) is 0 Å². The molecule has 0 spiro atoms. The summed E-state index contributed by atoms with van der Waals surface area (Å²) in [5.74, 6) is 0. The first-order chi connectivity index (χ1) is 7.93. The summed E-state index contributed by atoms with van der Waals surface area (Å²) in [6.45, 7) is 4.87. The molecule has 0 aliphatic carbocycles. The van der Waals surface area contributed by atoms with Crippen LogP contribution in [0.1, 0.15) is 18.2 Å². The lowest BCUT2D eigenvalue weighted by atomic mass is 10.5. The highest BCUT2D eigenvalue weighted by atomic mass is 79.9. The molecule has 0 amide bonds. The number of hydrogen-bond donors (Lipinski definition) is 0. The Balaban J connectivity index is 3.11. The predicted octanol–water partition coefficient (Wildman–Crippen LogP) is 3.61. The first-order valence-corrected chi connectivity index (χ1v) is 9.42. The van der Waals surface area contributed by atoms with Gasteiger partial charge in [0.25, 0.3) is 0 Å². The van der Waals surface area contributed by atoms with Crippen molar-refractivity contribution in [2.24, 2.45) is 0 Å². The van der Waals surface area contributed by atoms with Crippen molar-refractivity contribution in [2.75, 3.05) is 18.4 Å². The third-order valence-corrected chi connectivity index (χ3v) is 6.33. The third kappa shape index (κ3) is 3.76. The Morgan fingerprint density at radius 3 is 2.47 bits per heavy atom. The van der Waals surface area contributed by atoms with Gasteiger partial charge in [-0.3, -0.25) is 0 Å². The van der Waals surface area contributed by atoms with E-state index in [4.69, 9.17) is 0 Å². The van der Waals surface area contributed by atoms with Gasteiger partial charge in [0, 0.05) is 23.3 Å². The minimum atomic E-state index is -3.35. The molecule has 0 bridgehead atoms. The standard InChI is InChI=1S/C10H15Br2NO2S2/c1-3-5-13(6-4-11)17(14,15)9-7-10(12)16-8(9)2/h7H,3-6H2,1-2H3. The minimum absolute atomic E-state index is 0.420. The van der Waals surface area contributed by atoms with Crippen LogP contribution in [0.4, 0.5) is 0 Å². The van der Waals surface area contributed by atoms with E-state index in [1.165, 1.54) is 15.6 Å². The number of alkyl halides is 1. The Labute approximate surface area is 124 Å². The normalized spacial score (nSPS) is 12.3. The fourth-order valence-corrected chi connectivity index (χ4v) is 6.10. The zero-order valence-electron chi connectivity index (χ0n) is 9.74. The van der Waals surface area contributed by atoms with E-state index in [9.17, 15) is 8.42 Å². The second kappa shape index (κ2) is 6.65. The molecule has 0 saturated carbocycles. The maximum Gasteiger partial charge on any atom is 0.244 e. The van der Waals surface area contributed by atoms with Crippen LogP contribution in [0, 0.1) is 6.92 Å². The van der Waals surface area contributed by atoms with Crippen molar-refractivity contribution >= 4 is 53.2 Å². The van der Waals surface area contributed by atoms with E-state index in [2.05, 4.69) is 31.9 Å². The summed E-state index contributed by atoms with van der Waals surface area (Å²) in [5, 5.41) is 0.649. The summed E-state index contributed by atoms with van der Waals surface area (Å²) in [5.41, 5.74) is 0. The van der Waals surface area contributed by atoms with Crippen LogP contribution in [0.2, 0.25) is 0 Å². The molecule has 0 N–H and O–H groups in total. The lowest BCUT2D eigenvalue weighted by Gasteiger charge is -2.20. The molecule has 0 atom stereocenters. The molecule has 0 unspecified atom stereocenters. The van der Waals surface area contributed by atoms with Crippen LogP contribution in [-0.2, 0) is 10.0 Å². The molecule has 1 aromatic rings. The number of hydrogen-bond acceptors (Lipinski definition) is 3. The Bertz CT molecular complexity index is 465. The van der Waals surface area contributed by atoms with Crippen LogP contribution < -0.4 is 0 Å². The van der Waals surface area contributed by atoms with Gasteiger partial charge in [-0.1, -0.05) is 22.9 Å². The molecule has 17 heavy (non-hydrogen) atoms. The van der Waals surface area contributed by atoms with Crippen molar-refractivity contribution in [3.63, 3.8) is 0 Å². The lowest BCUT2D eigenvalue weighted by molar-refractivity contribution is 0.430. The molecule has 0 aliphatic heterocycles. The number of nitrogens with zero attached hydrogens (tertiary/aromatic N) is 1. The van der Waals surface area contributed by atoms with E-state index >= 15 is 0 Å². The first-order valence-electron chi connectivity index (χ1n) is 5.25. The van der Waals surface area contributed by atoms with Gasteiger partial charge in [-0.2, -0.15) is 4.31 Å². The number of sulfonamides is 1. The molecule has 0 fully saturated rings. The zero-order valence-corrected chi connectivity index (χ0v) is 14.5.